The van der Waals surface area contributed by atoms with Gasteiger partial charge in [0, 0.05) is 37.9 Å². The quantitative estimate of drug-likeness (QED) is 0.833. The summed E-state index contributed by atoms with van der Waals surface area (Å²) < 4.78 is 0. The van der Waals surface area contributed by atoms with Crippen molar-refractivity contribution in [3.05, 3.63) is 65.7 Å². The summed E-state index contributed by atoms with van der Waals surface area (Å²) in [6.45, 7) is 2.88. The van der Waals surface area contributed by atoms with Gasteiger partial charge in [-0.05, 0) is 42.5 Å². The maximum atomic E-state index is 12.4. The molecule has 0 bridgehead atoms. The second-order valence-corrected chi connectivity index (χ2v) is 7.31. The first-order valence-electron chi connectivity index (χ1n) is 9.67. The van der Waals surface area contributed by atoms with Crippen molar-refractivity contribution in [3.8, 4) is 0 Å². The molecule has 0 radical (unpaired) electrons. The van der Waals surface area contributed by atoms with Gasteiger partial charge in [0.1, 0.15) is 0 Å². The predicted molar refractivity (Wildman–Crippen MR) is 105 cm³/mol. The Kier molecular flexibility index (Phi) is 5.21. The standard InChI is InChI=1S/C22H25N3O2/c26-21(23-19-8-2-1-3-9-19)22(27)25-14-12-24(13-15-25)20-11-10-17-6-4-5-7-18(17)16-20/h1-9,20H,10-16H2,(H,23,26)/t20-/m0/s1. The molecular formula is C22H25N3O2. The van der Waals surface area contributed by atoms with Crippen LogP contribution in [0.5, 0.6) is 0 Å². The second kappa shape index (κ2) is 7.92. The number of carbonyl (C=O) groups excluding carboxylic acids is 2. The lowest BCUT2D eigenvalue weighted by Crippen LogP contribution is -2.54. The molecule has 1 aliphatic heterocycles. The highest BCUT2D eigenvalue weighted by Crippen LogP contribution is 2.25. The molecule has 5 nitrogen and oxygen atoms in total. The Morgan fingerprint density at radius 3 is 2.26 bits per heavy atom. The molecule has 1 heterocycles. The predicted octanol–water partition coefficient (Wildman–Crippen LogP) is 2.33. The van der Waals surface area contributed by atoms with E-state index in [0.29, 0.717) is 24.8 Å². The van der Waals surface area contributed by atoms with E-state index in [-0.39, 0.29) is 0 Å². The molecular weight excluding hydrogens is 338 g/mol. The van der Waals surface area contributed by atoms with Gasteiger partial charge in [-0.25, -0.2) is 0 Å². The molecule has 1 aliphatic carbocycles. The van der Waals surface area contributed by atoms with E-state index in [2.05, 4.69) is 34.5 Å². The highest BCUT2D eigenvalue weighted by Gasteiger charge is 2.30. The summed E-state index contributed by atoms with van der Waals surface area (Å²) >= 11 is 0. The molecule has 5 heteroatoms. The maximum absolute atomic E-state index is 12.4. The minimum absolute atomic E-state index is 0.438. The van der Waals surface area contributed by atoms with E-state index < -0.39 is 11.8 Å². The summed E-state index contributed by atoms with van der Waals surface area (Å²) in [5.74, 6) is -0.992. The number of anilines is 1. The van der Waals surface area contributed by atoms with Gasteiger partial charge in [-0.2, -0.15) is 0 Å². The minimum Gasteiger partial charge on any atom is -0.332 e. The molecule has 140 valence electrons. The molecule has 27 heavy (non-hydrogen) atoms. The Labute approximate surface area is 160 Å². The fourth-order valence-corrected chi connectivity index (χ4v) is 4.13. The Bertz CT molecular complexity index is 813. The number of aryl methyl sites for hydroxylation is 1. The fourth-order valence-electron chi connectivity index (χ4n) is 4.13. The van der Waals surface area contributed by atoms with Crippen LogP contribution >= 0.6 is 0 Å². The van der Waals surface area contributed by atoms with Crippen molar-refractivity contribution in [3.63, 3.8) is 0 Å². The molecule has 0 unspecified atom stereocenters. The van der Waals surface area contributed by atoms with Gasteiger partial charge in [0.2, 0.25) is 0 Å². The second-order valence-electron chi connectivity index (χ2n) is 7.31. The first kappa shape index (κ1) is 17.7. The third-order valence-corrected chi connectivity index (χ3v) is 5.66. The van der Waals surface area contributed by atoms with Crippen molar-refractivity contribution in [2.24, 2.45) is 0 Å². The van der Waals surface area contributed by atoms with Crippen LogP contribution in [0.4, 0.5) is 5.69 Å². The number of carbonyl (C=O) groups is 2. The van der Waals surface area contributed by atoms with Gasteiger partial charge in [-0.15, -0.1) is 0 Å². The summed E-state index contributed by atoms with van der Waals surface area (Å²) in [6.07, 6.45) is 3.37. The van der Waals surface area contributed by atoms with E-state index in [1.807, 2.05) is 18.2 Å². The number of benzene rings is 2. The molecule has 0 spiro atoms. The molecule has 0 saturated carbocycles. The van der Waals surface area contributed by atoms with Gasteiger partial charge >= 0.3 is 11.8 Å². The van der Waals surface area contributed by atoms with Crippen molar-refractivity contribution in [1.29, 1.82) is 0 Å². The molecule has 4 rings (SSSR count). The summed E-state index contributed by atoms with van der Waals surface area (Å²) in [5.41, 5.74) is 3.57. The van der Waals surface area contributed by atoms with E-state index in [9.17, 15) is 9.59 Å². The molecule has 0 aromatic heterocycles. The van der Waals surface area contributed by atoms with Gasteiger partial charge in [-0.1, -0.05) is 42.5 Å². The normalized spacial score (nSPS) is 20.0. The van der Waals surface area contributed by atoms with Crippen LogP contribution in [0.2, 0.25) is 0 Å². The van der Waals surface area contributed by atoms with Crippen molar-refractivity contribution < 1.29 is 9.59 Å². The third kappa shape index (κ3) is 4.03. The molecule has 1 fully saturated rings. The van der Waals surface area contributed by atoms with Gasteiger partial charge in [0.15, 0.2) is 0 Å². The van der Waals surface area contributed by atoms with Crippen molar-refractivity contribution >= 4 is 17.5 Å². The Morgan fingerprint density at radius 1 is 0.852 bits per heavy atom. The monoisotopic (exact) mass is 363 g/mol. The van der Waals surface area contributed by atoms with E-state index in [0.717, 1.165) is 25.9 Å². The summed E-state index contributed by atoms with van der Waals surface area (Å²) in [6, 6.07) is 18.3. The maximum Gasteiger partial charge on any atom is 0.313 e. The van der Waals surface area contributed by atoms with E-state index >= 15 is 0 Å². The van der Waals surface area contributed by atoms with Gasteiger partial charge in [0.05, 0.1) is 0 Å². The van der Waals surface area contributed by atoms with Crippen molar-refractivity contribution in [1.82, 2.24) is 9.80 Å². The summed E-state index contributed by atoms with van der Waals surface area (Å²) in [5, 5.41) is 2.68. The number of nitrogens with one attached hydrogen (secondary N) is 1. The topological polar surface area (TPSA) is 52.7 Å². The van der Waals surface area contributed by atoms with Crippen molar-refractivity contribution in [2.45, 2.75) is 25.3 Å². The van der Waals surface area contributed by atoms with Gasteiger partial charge in [0.25, 0.3) is 0 Å². The zero-order chi connectivity index (χ0) is 18.6. The fraction of sp³-hybridized carbons (Fsp3) is 0.364. The van der Waals surface area contributed by atoms with E-state index in [1.165, 1.54) is 17.5 Å². The smallest absolute Gasteiger partial charge is 0.313 e. The van der Waals surface area contributed by atoms with E-state index in [1.54, 1.807) is 17.0 Å². The van der Waals surface area contributed by atoms with Crippen LogP contribution in [0.15, 0.2) is 54.6 Å². The number of hydrogen-bond acceptors (Lipinski definition) is 3. The lowest BCUT2D eigenvalue weighted by Gasteiger charge is -2.40. The number of nitrogens with zero attached hydrogens (tertiary/aromatic N) is 2. The highest BCUT2D eigenvalue weighted by molar-refractivity contribution is 6.39. The Balaban J connectivity index is 1.30. The Hall–Kier alpha value is -2.66. The first-order valence-corrected chi connectivity index (χ1v) is 9.67. The van der Waals surface area contributed by atoms with Crippen LogP contribution in [0.3, 0.4) is 0 Å². The molecule has 2 amide bonds. The molecule has 1 atom stereocenters. The number of hydrogen-bond donors (Lipinski definition) is 1. The lowest BCUT2D eigenvalue weighted by molar-refractivity contribution is -0.144. The summed E-state index contributed by atoms with van der Waals surface area (Å²) in [7, 11) is 0. The Morgan fingerprint density at radius 2 is 1.52 bits per heavy atom. The van der Waals surface area contributed by atoms with Crippen LogP contribution < -0.4 is 5.32 Å². The van der Waals surface area contributed by atoms with Crippen LogP contribution in [0.1, 0.15) is 17.5 Å². The number of piperazine rings is 1. The number of rotatable bonds is 2. The zero-order valence-electron chi connectivity index (χ0n) is 15.4. The lowest BCUT2D eigenvalue weighted by atomic mass is 9.87. The van der Waals surface area contributed by atoms with Gasteiger partial charge in [-0.3, -0.25) is 14.5 Å². The van der Waals surface area contributed by atoms with Crippen LogP contribution in [0, 0.1) is 0 Å². The molecule has 1 N–H and O–H groups in total. The van der Waals surface area contributed by atoms with Gasteiger partial charge < -0.3 is 10.2 Å². The number of amides is 2. The van der Waals surface area contributed by atoms with E-state index in [4.69, 9.17) is 0 Å². The minimum atomic E-state index is -0.554. The molecule has 1 saturated heterocycles. The number of fused-ring (bicyclic) bond motifs is 1. The largest absolute Gasteiger partial charge is 0.332 e. The molecule has 2 aromatic rings. The SMILES string of the molecule is O=C(Nc1ccccc1)C(=O)N1CCN([C@H]2CCc3ccccc3C2)CC1. The molecule has 2 aromatic carbocycles. The zero-order valence-corrected chi connectivity index (χ0v) is 15.4. The highest BCUT2D eigenvalue weighted by atomic mass is 16.2. The first-order chi connectivity index (χ1) is 13.2. The molecule has 2 aliphatic rings. The summed E-state index contributed by atoms with van der Waals surface area (Å²) in [4.78, 5) is 28.8. The van der Waals surface area contributed by atoms with Crippen LogP contribution in [0.25, 0.3) is 0 Å². The van der Waals surface area contributed by atoms with Crippen LogP contribution in [-0.4, -0.2) is 53.8 Å². The third-order valence-electron chi connectivity index (χ3n) is 5.66. The number of para-hydroxylation sites is 1. The average Bonchev–Trinajstić information content (AvgIpc) is 2.73. The van der Waals surface area contributed by atoms with Crippen molar-refractivity contribution in [2.75, 3.05) is 31.5 Å². The average molecular weight is 363 g/mol. The van der Waals surface area contributed by atoms with Crippen LogP contribution in [-0.2, 0) is 22.4 Å².